The van der Waals surface area contributed by atoms with Crippen molar-refractivity contribution in [3.8, 4) is 11.6 Å². The number of piperidine rings is 1. The number of pyridine rings is 2. The van der Waals surface area contributed by atoms with E-state index >= 15 is 0 Å². The van der Waals surface area contributed by atoms with Crippen molar-refractivity contribution in [3.05, 3.63) is 114 Å². The maximum absolute atomic E-state index is 11.1. The molecule has 2 aliphatic heterocycles. The first-order valence-electron chi connectivity index (χ1n) is 14.2. The Morgan fingerprint density at radius 2 is 1.81 bits per heavy atom. The normalized spacial score (nSPS) is 18.6. The number of aliphatic imine (C=N–C) groups is 1. The van der Waals surface area contributed by atoms with Crippen LogP contribution in [0.15, 0.2) is 96.2 Å². The minimum Gasteiger partial charge on any atom is -0.478 e. The van der Waals surface area contributed by atoms with Gasteiger partial charge in [-0.2, -0.15) is 4.99 Å². The first-order valence-corrected chi connectivity index (χ1v) is 14.2. The quantitative estimate of drug-likeness (QED) is 0.279. The van der Waals surface area contributed by atoms with Gasteiger partial charge in [-0.25, -0.2) is 9.78 Å². The number of ether oxygens (including phenoxy) is 2. The third-order valence-electron chi connectivity index (χ3n) is 7.82. The van der Waals surface area contributed by atoms with Crippen molar-refractivity contribution >= 4 is 17.7 Å². The Morgan fingerprint density at radius 1 is 1.02 bits per heavy atom. The van der Waals surface area contributed by atoms with Gasteiger partial charge in [0.15, 0.2) is 0 Å². The van der Waals surface area contributed by atoms with Crippen molar-refractivity contribution in [2.24, 2.45) is 4.99 Å². The molecule has 1 N–H and O–H groups in total. The second-order valence-corrected chi connectivity index (χ2v) is 10.6. The van der Waals surface area contributed by atoms with Crippen molar-refractivity contribution in [1.29, 1.82) is 0 Å². The molecule has 2 aliphatic rings. The summed E-state index contributed by atoms with van der Waals surface area (Å²) < 4.78 is 12.0. The smallest absolute Gasteiger partial charge is 0.335 e. The van der Waals surface area contributed by atoms with Gasteiger partial charge in [0.2, 0.25) is 5.88 Å². The van der Waals surface area contributed by atoms with E-state index in [4.69, 9.17) is 19.6 Å². The highest BCUT2D eigenvalue weighted by atomic mass is 16.5. The summed E-state index contributed by atoms with van der Waals surface area (Å²) in [6.07, 6.45) is 5.51. The van der Waals surface area contributed by atoms with Crippen LogP contribution in [-0.2, 0) is 11.3 Å². The van der Waals surface area contributed by atoms with Gasteiger partial charge >= 0.3 is 5.97 Å². The van der Waals surface area contributed by atoms with Gasteiger partial charge in [-0.05, 0) is 67.3 Å². The van der Waals surface area contributed by atoms with Crippen LogP contribution in [0.5, 0.6) is 11.6 Å². The van der Waals surface area contributed by atoms with E-state index in [1.165, 1.54) is 17.7 Å². The van der Waals surface area contributed by atoms with Gasteiger partial charge in [0.25, 0.3) is 6.02 Å². The van der Waals surface area contributed by atoms with Gasteiger partial charge in [-0.15, -0.1) is 0 Å². The average molecular weight is 564 g/mol. The fourth-order valence-electron chi connectivity index (χ4n) is 5.58. The van der Waals surface area contributed by atoms with Gasteiger partial charge < -0.3 is 19.5 Å². The molecule has 4 heterocycles. The molecule has 2 aromatic heterocycles. The minimum atomic E-state index is -0.966. The summed E-state index contributed by atoms with van der Waals surface area (Å²) in [6.45, 7) is 5.29. The first-order chi connectivity index (χ1) is 20.5. The molecule has 9 nitrogen and oxygen atoms in total. The van der Waals surface area contributed by atoms with Crippen LogP contribution in [0.25, 0.3) is 0 Å². The molecule has 0 unspecified atom stereocenters. The molecule has 214 valence electrons. The lowest BCUT2D eigenvalue weighted by molar-refractivity contribution is 0.0697. The summed E-state index contributed by atoms with van der Waals surface area (Å²) in [5.41, 5.74) is 4.32. The molecule has 0 amide bonds. The fraction of sp³-hybridized carbons (Fsp3) is 0.273. The van der Waals surface area contributed by atoms with E-state index in [0.29, 0.717) is 30.3 Å². The third kappa shape index (κ3) is 6.26. The van der Waals surface area contributed by atoms with E-state index in [9.17, 15) is 4.79 Å². The van der Waals surface area contributed by atoms with Crippen molar-refractivity contribution < 1.29 is 19.4 Å². The van der Waals surface area contributed by atoms with Crippen LogP contribution >= 0.6 is 0 Å². The molecule has 42 heavy (non-hydrogen) atoms. The van der Waals surface area contributed by atoms with Crippen LogP contribution < -0.4 is 4.74 Å². The van der Waals surface area contributed by atoms with Crippen LogP contribution in [0.3, 0.4) is 0 Å². The molecule has 0 saturated carbocycles. The van der Waals surface area contributed by atoms with Crippen molar-refractivity contribution in [2.45, 2.75) is 38.4 Å². The maximum atomic E-state index is 11.1. The Morgan fingerprint density at radius 3 is 2.50 bits per heavy atom. The molecule has 6 rings (SSSR count). The SMILES string of the molecule is Cc1nc(Oc2ccc(C(=O)O)cc2)ccc1CN1CCC(N2/C(=N/c3cccnc3)OC[C@H]2c2ccccc2)CC1. The summed E-state index contributed by atoms with van der Waals surface area (Å²) in [5.74, 6) is 0.0688. The van der Waals surface area contributed by atoms with Gasteiger partial charge in [-0.3, -0.25) is 9.88 Å². The second-order valence-electron chi connectivity index (χ2n) is 10.6. The van der Waals surface area contributed by atoms with Crippen LogP contribution in [-0.4, -0.2) is 62.6 Å². The fourth-order valence-corrected chi connectivity index (χ4v) is 5.58. The zero-order valence-electron chi connectivity index (χ0n) is 23.5. The molecule has 2 saturated heterocycles. The van der Waals surface area contributed by atoms with Gasteiger partial charge in [0.05, 0.1) is 23.5 Å². The molecule has 0 bridgehead atoms. The van der Waals surface area contributed by atoms with Crippen molar-refractivity contribution in [2.75, 3.05) is 19.7 Å². The van der Waals surface area contributed by atoms with E-state index in [2.05, 4.69) is 50.1 Å². The summed E-state index contributed by atoms with van der Waals surface area (Å²) in [5, 5.41) is 9.09. The molecule has 0 aliphatic carbocycles. The standard InChI is InChI=1S/C33H33N5O4/c1-23-26(11-14-31(35-23)42-29-12-9-25(10-13-29)32(39)40)21-37-18-15-28(16-19-37)38-30(24-6-3-2-4-7-24)22-41-33(38)36-27-8-5-17-34-20-27/h2-14,17,20,28,30H,15-16,18-19,21-22H2,1H3,(H,39,40)/b36-33-/t30-/m0/s1. The predicted molar refractivity (Wildman–Crippen MR) is 159 cm³/mol. The number of hydrogen-bond acceptors (Lipinski definition) is 7. The Balaban J connectivity index is 1.11. The lowest BCUT2D eigenvalue weighted by Crippen LogP contribution is -2.46. The third-order valence-corrected chi connectivity index (χ3v) is 7.82. The summed E-state index contributed by atoms with van der Waals surface area (Å²) in [4.78, 5) is 29.6. The Bertz CT molecular complexity index is 1540. The molecular formula is C33H33N5O4. The molecule has 2 aromatic carbocycles. The number of carbonyl (C=O) groups is 1. The van der Waals surface area contributed by atoms with Gasteiger partial charge in [0.1, 0.15) is 12.4 Å². The number of likely N-dealkylation sites (tertiary alicyclic amines) is 1. The van der Waals surface area contributed by atoms with E-state index in [-0.39, 0.29) is 11.6 Å². The zero-order chi connectivity index (χ0) is 28.9. The largest absolute Gasteiger partial charge is 0.478 e. The molecule has 2 fully saturated rings. The number of aryl methyl sites for hydroxylation is 1. The highest BCUT2D eigenvalue weighted by molar-refractivity contribution is 5.87. The van der Waals surface area contributed by atoms with Gasteiger partial charge in [0, 0.05) is 43.6 Å². The van der Waals surface area contributed by atoms with E-state index in [0.717, 1.165) is 49.4 Å². The highest BCUT2D eigenvalue weighted by Gasteiger charge is 2.39. The number of carboxylic acid groups (broad SMARTS) is 1. The van der Waals surface area contributed by atoms with Crippen molar-refractivity contribution in [1.82, 2.24) is 19.8 Å². The first kappa shape index (κ1) is 27.4. The number of nitrogens with zero attached hydrogens (tertiary/aromatic N) is 5. The predicted octanol–water partition coefficient (Wildman–Crippen LogP) is 6.00. The number of amidine groups is 1. The molecule has 9 heteroatoms. The Kier molecular flexibility index (Phi) is 8.09. The number of aromatic nitrogens is 2. The summed E-state index contributed by atoms with van der Waals surface area (Å²) in [6, 6.07) is 25.7. The maximum Gasteiger partial charge on any atom is 0.335 e. The van der Waals surface area contributed by atoms with E-state index < -0.39 is 5.97 Å². The zero-order valence-corrected chi connectivity index (χ0v) is 23.5. The Labute approximate surface area is 245 Å². The Hall–Kier alpha value is -4.76. The second kappa shape index (κ2) is 12.4. The number of hydrogen-bond donors (Lipinski definition) is 1. The lowest BCUT2D eigenvalue weighted by Gasteiger charge is -2.39. The molecular weight excluding hydrogens is 530 g/mol. The van der Waals surface area contributed by atoms with Gasteiger partial charge in [-0.1, -0.05) is 36.4 Å². The number of rotatable bonds is 8. The highest BCUT2D eigenvalue weighted by Crippen LogP contribution is 2.34. The molecule has 1 atom stereocenters. The molecule has 4 aromatic rings. The number of carboxylic acids is 1. The molecule has 0 radical (unpaired) electrons. The van der Waals surface area contributed by atoms with E-state index in [1.54, 1.807) is 24.5 Å². The number of benzene rings is 2. The summed E-state index contributed by atoms with van der Waals surface area (Å²) >= 11 is 0. The monoisotopic (exact) mass is 563 g/mol. The van der Waals surface area contributed by atoms with E-state index in [1.807, 2.05) is 31.2 Å². The summed E-state index contributed by atoms with van der Waals surface area (Å²) in [7, 11) is 0. The van der Waals surface area contributed by atoms with Crippen LogP contribution in [0.2, 0.25) is 0 Å². The minimum absolute atomic E-state index is 0.123. The van der Waals surface area contributed by atoms with Crippen LogP contribution in [0, 0.1) is 6.92 Å². The van der Waals surface area contributed by atoms with Crippen LogP contribution in [0.1, 0.15) is 46.1 Å². The van der Waals surface area contributed by atoms with Crippen molar-refractivity contribution in [3.63, 3.8) is 0 Å². The topological polar surface area (TPSA) is 100 Å². The average Bonchev–Trinajstić information content (AvgIpc) is 3.43. The van der Waals surface area contributed by atoms with Crippen LogP contribution in [0.4, 0.5) is 5.69 Å². The number of aromatic carboxylic acids is 1. The lowest BCUT2D eigenvalue weighted by atomic mass is 9.98. The molecule has 0 spiro atoms.